The fourth-order valence-corrected chi connectivity index (χ4v) is 10.3. The molecule has 0 aliphatic carbocycles. The van der Waals surface area contributed by atoms with Crippen molar-refractivity contribution in [2.45, 2.75) is 315 Å². The van der Waals surface area contributed by atoms with Crippen molar-refractivity contribution in [1.29, 1.82) is 0 Å². The van der Waals surface area contributed by atoms with E-state index in [-0.39, 0.29) is 32.0 Å². The number of phosphoric acid groups is 1. The lowest BCUT2D eigenvalue weighted by Gasteiger charge is -2.24. The second kappa shape index (κ2) is 61.0. The summed E-state index contributed by atoms with van der Waals surface area (Å²) in [5, 5.41) is 0. The van der Waals surface area contributed by atoms with Gasteiger partial charge >= 0.3 is 19.8 Å². The Balaban J connectivity index is 4.03. The molecule has 0 spiro atoms. The Bertz CT molecular complexity index is 1580. The van der Waals surface area contributed by atoms with Crippen molar-refractivity contribution in [3.8, 4) is 0 Å². The molecule has 0 aliphatic rings. The van der Waals surface area contributed by atoms with Crippen molar-refractivity contribution in [3.05, 3.63) is 72.9 Å². The third-order valence-corrected chi connectivity index (χ3v) is 15.7. The molecule has 0 bridgehead atoms. The van der Waals surface area contributed by atoms with E-state index in [9.17, 15) is 19.0 Å². The van der Waals surface area contributed by atoms with Crippen LogP contribution < -0.4 is 0 Å². The Morgan fingerprint density at radius 1 is 0.400 bits per heavy atom. The molecule has 1 N–H and O–H groups in total. The number of phosphoric ester groups is 1. The van der Waals surface area contributed by atoms with Crippen molar-refractivity contribution >= 4 is 19.8 Å². The van der Waals surface area contributed by atoms with Crippen molar-refractivity contribution in [3.63, 3.8) is 0 Å². The molecule has 0 saturated heterocycles. The quantitative estimate of drug-likeness (QED) is 0.0211. The number of hydrogen-bond donors (Lipinski definition) is 1. The summed E-state index contributed by atoms with van der Waals surface area (Å²) < 4.78 is 34.7. The van der Waals surface area contributed by atoms with E-state index in [0.29, 0.717) is 17.4 Å². The van der Waals surface area contributed by atoms with Gasteiger partial charge in [0.2, 0.25) is 0 Å². The topological polar surface area (TPSA) is 108 Å². The fourth-order valence-electron chi connectivity index (χ4n) is 9.57. The maximum atomic E-state index is 12.9. The lowest BCUT2D eigenvalue weighted by Crippen LogP contribution is -2.37. The Labute approximate surface area is 495 Å². The van der Waals surface area contributed by atoms with Crippen LogP contribution in [0.2, 0.25) is 0 Å². The van der Waals surface area contributed by atoms with Gasteiger partial charge in [0.25, 0.3) is 0 Å². The van der Waals surface area contributed by atoms with Crippen LogP contribution in [0.1, 0.15) is 309 Å². The molecule has 0 saturated carbocycles. The monoisotopic (exact) mass is 1140 g/mol. The van der Waals surface area contributed by atoms with Gasteiger partial charge in [-0.1, -0.05) is 286 Å². The minimum absolute atomic E-state index is 0.0313. The van der Waals surface area contributed by atoms with Gasteiger partial charge in [-0.05, 0) is 83.5 Å². The molecule has 0 aliphatic heterocycles. The molecular formula is C70H129NO8P+. The molecule has 10 heteroatoms. The minimum Gasteiger partial charge on any atom is -0.462 e. The maximum absolute atomic E-state index is 12.9. The van der Waals surface area contributed by atoms with Crippen LogP contribution in [0.5, 0.6) is 0 Å². The summed E-state index contributed by atoms with van der Waals surface area (Å²) in [6.45, 7) is 4.35. The second-order valence-corrected chi connectivity index (χ2v) is 25.3. The molecule has 466 valence electrons. The summed E-state index contributed by atoms with van der Waals surface area (Å²) in [7, 11) is 1.48. The lowest BCUT2D eigenvalue weighted by molar-refractivity contribution is -0.870. The smallest absolute Gasteiger partial charge is 0.462 e. The van der Waals surface area contributed by atoms with Gasteiger partial charge in [-0.25, -0.2) is 4.57 Å². The number of unbranched alkanes of at least 4 members (excludes halogenated alkanes) is 36. The van der Waals surface area contributed by atoms with E-state index in [1.165, 1.54) is 212 Å². The van der Waals surface area contributed by atoms with E-state index in [4.69, 9.17) is 18.5 Å². The number of allylic oxidation sites excluding steroid dienone is 12. The van der Waals surface area contributed by atoms with Crippen LogP contribution in [0.25, 0.3) is 0 Å². The van der Waals surface area contributed by atoms with Gasteiger partial charge in [-0.15, -0.1) is 0 Å². The van der Waals surface area contributed by atoms with E-state index < -0.39 is 26.5 Å². The molecule has 0 heterocycles. The van der Waals surface area contributed by atoms with Gasteiger partial charge in [-0.3, -0.25) is 18.6 Å². The van der Waals surface area contributed by atoms with Gasteiger partial charge in [0.1, 0.15) is 19.8 Å². The summed E-state index contributed by atoms with van der Waals surface area (Å²) in [5.41, 5.74) is 0. The number of hydrogen-bond acceptors (Lipinski definition) is 7. The number of likely N-dealkylation sites (N-methyl/N-ethyl adjacent to an activating group) is 1. The largest absolute Gasteiger partial charge is 0.472 e. The number of quaternary nitrogens is 1. The number of rotatable bonds is 62. The average molecular weight is 1140 g/mol. The van der Waals surface area contributed by atoms with Crippen molar-refractivity contribution < 1.29 is 42.1 Å². The summed E-state index contributed by atoms with van der Waals surface area (Å²) in [4.78, 5) is 35.8. The highest BCUT2D eigenvalue weighted by atomic mass is 31.2. The SMILES string of the molecule is CC/C=C\C/C=C\C/C=C\C/C=C\CCCCCCCCCCCCCCCCCCCCCCC(=O)OC(COC(=O)CCCCCCCCCCCCC/C=C\C/C=C\CCCCCCC)COP(=O)(O)OCC[N+](C)(C)C. The lowest BCUT2D eigenvalue weighted by atomic mass is 10.0. The van der Waals surface area contributed by atoms with E-state index in [0.717, 1.165) is 64.2 Å². The van der Waals surface area contributed by atoms with E-state index in [1.807, 2.05) is 21.1 Å². The summed E-state index contributed by atoms with van der Waals surface area (Å²) in [6.07, 6.45) is 81.4. The summed E-state index contributed by atoms with van der Waals surface area (Å²) in [6, 6.07) is 0. The van der Waals surface area contributed by atoms with Crippen molar-refractivity contribution in [2.75, 3.05) is 47.5 Å². The van der Waals surface area contributed by atoms with Crippen LogP contribution in [0.4, 0.5) is 0 Å². The van der Waals surface area contributed by atoms with Gasteiger partial charge < -0.3 is 18.9 Å². The van der Waals surface area contributed by atoms with Gasteiger partial charge in [-0.2, -0.15) is 0 Å². The molecule has 0 rings (SSSR count). The highest BCUT2D eigenvalue weighted by Gasteiger charge is 2.27. The molecule has 0 fully saturated rings. The maximum Gasteiger partial charge on any atom is 0.472 e. The number of esters is 2. The van der Waals surface area contributed by atoms with Crippen LogP contribution in [0.15, 0.2) is 72.9 Å². The molecule has 0 amide bonds. The summed E-state index contributed by atoms with van der Waals surface area (Å²) in [5.74, 6) is -0.787. The van der Waals surface area contributed by atoms with Crippen LogP contribution >= 0.6 is 7.82 Å². The predicted octanol–water partition coefficient (Wildman–Crippen LogP) is 21.6. The first kappa shape index (κ1) is 77.5. The van der Waals surface area contributed by atoms with Gasteiger partial charge in [0.15, 0.2) is 6.10 Å². The zero-order valence-corrected chi connectivity index (χ0v) is 54.0. The highest BCUT2D eigenvalue weighted by Crippen LogP contribution is 2.43. The van der Waals surface area contributed by atoms with Gasteiger partial charge in [0, 0.05) is 12.8 Å². The Kier molecular flexibility index (Phi) is 59.1. The first-order chi connectivity index (χ1) is 39.0. The van der Waals surface area contributed by atoms with Crippen LogP contribution in [0.3, 0.4) is 0 Å². The number of nitrogens with zero attached hydrogens (tertiary/aromatic N) is 1. The first-order valence-corrected chi connectivity index (χ1v) is 35.2. The Hall–Kier alpha value is -2.55. The predicted molar refractivity (Wildman–Crippen MR) is 344 cm³/mol. The molecular weight excluding hydrogens is 1010 g/mol. The molecule has 9 nitrogen and oxygen atoms in total. The fraction of sp³-hybridized carbons (Fsp3) is 0.800. The third-order valence-electron chi connectivity index (χ3n) is 14.7. The standard InChI is InChI=1S/C70H128NO8P/c1-6-8-10-12-14-16-18-20-22-24-26-28-30-31-32-33-34-35-36-37-38-39-41-43-45-47-49-51-53-55-57-59-61-63-70(73)79-68(67-78-80(74,75)77-65-64-71(3,4)5)66-76-69(72)62-60-58-56-54-52-50-48-46-44-42-40-29-27-25-23-21-19-17-15-13-11-9-7-2/h8,10,14,16,19-22,25-28,68H,6-7,9,11-13,15,17-18,23-24,29-67H2,1-5H3/p+1/b10-8-,16-14-,21-19-,22-20-,27-25-,28-26-. The molecule has 2 atom stereocenters. The minimum atomic E-state index is -4.39. The molecule has 0 aromatic heterocycles. The number of carbonyl (C=O) groups excluding carboxylic acids is 2. The molecule has 0 aromatic carbocycles. The molecule has 2 unspecified atom stereocenters. The Morgan fingerprint density at radius 2 is 0.713 bits per heavy atom. The Morgan fingerprint density at radius 3 is 1.06 bits per heavy atom. The van der Waals surface area contributed by atoms with Crippen molar-refractivity contribution in [2.24, 2.45) is 0 Å². The number of carbonyl (C=O) groups is 2. The summed E-state index contributed by atoms with van der Waals surface area (Å²) >= 11 is 0. The highest BCUT2D eigenvalue weighted by molar-refractivity contribution is 7.47. The van der Waals surface area contributed by atoms with Crippen LogP contribution in [0, 0.1) is 0 Å². The van der Waals surface area contributed by atoms with Crippen LogP contribution in [-0.2, 0) is 32.7 Å². The number of ether oxygens (including phenoxy) is 2. The molecule has 0 aromatic rings. The van der Waals surface area contributed by atoms with Crippen molar-refractivity contribution in [1.82, 2.24) is 0 Å². The molecule has 80 heavy (non-hydrogen) atoms. The average Bonchev–Trinajstić information content (AvgIpc) is 3.42. The van der Waals surface area contributed by atoms with E-state index in [1.54, 1.807) is 0 Å². The third kappa shape index (κ3) is 64.6. The van der Waals surface area contributed by atoms with E-state index >= 15 is 0 Å². The molecule has 0 radical (unpaired) electrons. The zero-order valence-electron chi connectivity index (χ0n) is 53.1. The first-order valence-electron chi connectivity index (χ1n) is 33.7. The van der Waals surface area contributed by atoms with Gasteiger partial charge in [0.05, 0.1) is 27.7 Å². The van der Waals surface area contributed by atoms with E-state index in [2.05, 4.69) is 86.8 Å². The second-order valence-electron chi connectivity index (χ2n) is 23.8. The zero-order chi connectivity index (χ0) is 58.4. The van der Waals surface area contributed by atoms with Crippen LogP contribution in [-0.4, -0.2) is 74.9 Å². The normalized spacial score (nSPS) is 13.6.